The summed E-state index contributed by atoms with van der Waals surface area (Å²) in [7, 11) is 0. The van der Waals surface area contributed by atoms with E-state index in [2.05, 4.69) is 42.7 Å². The molecule has 2 aromatic carbocycles. The number of aryl methyl sites for hydroxylation is 2. The number of hydrogen-bond acceptors (Lipinski definition) is 3. The molecule has 1 saturated heterocycles. The number of amides is 1. The van der Waals surface area contributed by atoms with Gasteiger partial charge < -0.3 is 19.6 Å². The molecule has 1 amide bonds. The topological polar surface area (TPSA) is 68.6 Å². The van der Waals surface area contributed by atoms with Crippen LogP contribution in [0.5, 0.6) is 0 Å². The van der Waals surface area contributed by atoms with Crippen molar-refractivity contribution in [1.29, 1.82) is 0 Å². The molecule has 6 nitrogen and oxygen atoms in total. The molecule has 194 valence electrons. The summed E-state index contributed by atoms with van der Waals surface area (Å²) in [6.45, 7) is 6.13. The van der Waals surface area contributed by atoms with Gasteiger partial charge in [-0.1, -0.05) is 31.2 Å². The van der Waals surface area contributed by atoms with E-state index in [-0.39, 0.29) is 17.8 Å². The predicted octanol–water partition coefficient (Wildman–Crippen LogP) is 5.58. The molecule has 38 heavy (non-hydrogen) atoms. The highest BCUT2D eigenvalue weighted by Gasteiger charge is 2.24. The molecule has 7 heteroatoms. The van der Waals surface area contributed by atoms with E-state index in [0.29, 0.717) is 18.7 Å². The third-order valence-corrected chi connectivity index (χ3v) is 7.73. The summed E-state index contributed by atoms with van der Waals surface area (Å²) in [4.78, 5) is 20.1. The fourth-order valence-electron chi connectivity index (χ4n) is 5.58. The van der Waals surface area contributed by atoms with Gasteiger partial charge in [-0.05, 0) is 73.7 Å². The van der Waals surface area contributed by atoms with Crippen LogP contribution in [0.2, 0.25) is 0 Å². The monoisotopic (exact) mass is 509 g/mol. The summed E-state index contributed by atoms with van der Waals surface area (Å²) in [5.41, 5.74) is 13.7. The van der Waals surface area contributed by atoms with Gasteiger partial charge in [-0.2, -0.15) is 0 Å². The lowest BCUT2D eigenvalue weighted by Gasteiger charge is -2.30. The summed E-state index contributed by atoms with van der Waals surface area (Å²) in [6.07, 6.45) is 4.76. The summed E-state index contributed by atoms with van der Waals surface area (Å²) in [5, 5.41) is 1.13. The first-order chi connectivity index (χ1) is 18.4. The summed E-state index contributed by atoms with van der Waals surface area (Å²) < 4.78 is 17.9. The lowest BCUT2D eigenvalue weighted by molar-refractivity contribution is 0.0709. The number of aromatic nitrogens is 3. The minimum atomic E-state index is -0.243. The fraction of sp³-hybridized carbons (Fsp3) is 0.290. The van der Waals surface area contributed by atoms with Crippen molar-refractivity contribution in [2.24, 2.45) is 5.73 Å². The second-order valence-corrected chi connectivity index (χ2v) is 10.3. The van der Waals surface area contributed by atoms with Crippen LogP contribution in [-0.4, -0.2) is 43.9 Å². The molecule has 1 aliphatic rings. The second-order valence-electron chi connectivity index (χ2n) is 10.3. The van der Waals surface area contributed by atoms with Crippen molar-refractivity contribution in [2.75, 3.05) is 13.1 Å². The number of fused-ring (bicyclic) bond motifs is 2. The zero-order valence-electron chi connectivity index (χ0n) is 21.8. The highest BCUT2D eigenvalue weighted by molar-refractivity contribution is 5.95. The molecule has 3 aromatic heterocycles. The Morgan fingerprint density at radius 2 is 1.87 bits per heavy atom. The predicted molar refractivity (Wildman–Crippen MR) is 149 cm³/mol. The van der Waals surface area contributed by atoms with E-state index in [1.165, 1.54) is 17.7 Å². The Morgan fingerprint density at radius 1 is 1.08 bits per heavy atom. The third kappa shape index (κ3) is 4.37. The molecule has 2 N–H and O–H groups in total. The zero-order chi connectivity index (χ0) is 26.4. The van der Waals surface area contributed by atoms with Crippen LogP contribution in [0.15, 0.2) is 66.9 Å². The maximum atomic E-state index is 13.6. The molecular formula is C31H32FN5O. The Bertz CT molecular complexity index is 1650. The number of carbonyl (C=O) groups is 1. The smallest absolute Gasteiger partial charge is 0.254 e. The van der Waals surface area contributed by atoms with Gasteiger partial charge in [0.05, 0.1) is 5.69 Å². The lowest BCUT2D eigenvalue weighted by Crippen LogP contribution is -2.45. The van der Waals surface area contributed by atoms with Crippen molar-refractivity contribution in [3.8, 4) is 11.4 Å². The number of imidazole rings is 1. The van der Waals surface area contributed by atoms with Crippen molar-refractivity contribution in [1.82, 2.24) is 18.9 Å². The van der Waals surface area contributed by atoms with Gasteiger partial charge in [-0.3, -0.25) is 4.79 Å². The number of halogens is 1. The average molecular weight is 510 g/mol. The van der Waals surface area contributed by atoms with E-state index < -0.39 is 0 Å². The van der Waals surface area contributed by atoms with Gasteiger partial charge in [0.25, 0.3) is 5.91 Å². The number of hydrogen-bond donors (Lipinski definition) is 1. The van der Waals surface area contributed by atoms with Crippen LogP contribution in [-0.2, 0) is 13.0 Å². The van der Waals surface area contributed by atoms with E-state index in [1.807, 2.05) is 39.8 Å². The standard InChI is InChI=1S/C31H32FN5O/c1-3-21-6-9-23-16-28(37(27(23)15-21)18-22-7-10-25(32)11-8-22)30-20(2)36-14-12-24(17-29(36)34-30)31(38)35-13-4-5-26(33)19-35/h6-12,14-17,26H,3-5,13,18-19,33H2,1-2H3. The minimum absolute atomic E-state index is 0.00220. The van der Waals surface area contributed by atoms with E-state index in [0.717, 1.165) is 65.0 Å². The van der Waals surface area contributed by atoms with E-state index in [1.54, 1.807) is 0 Å². The normalized spacial score (nSPS) is 16.0. The molecule has 1 aliphatic heterocycles. The third-order valence-electron chi connectivity index (χ3n) is 7.73. The first-order valence-electron chi connectivity index (χ1n) is 13.3. The minimum Gasteiger partial charge on any atom is -0.337 e. The zero-order valence-corrected chi connectivity index (χ0v) is 21.8. The SMILES string of the molecule is CCc1ccc2cc(-c3nc4cc(C(=O)N5CCCC(N)C5)ccn4c3C)n(Cc3ccc(F)cc3)c2c1. The van der Waals surface area contributed by atoms with E-state index >= 15 is 0 Å². The number of piperidine rings is 1. The number of benzene rings is 2. The van der Waals surface area contributed by atoms with E-state index in [9.17, 15) is 9.18 Å². The first kappa shape index (κ1) is 24.4. The Kier molecular flexibility index (Phi) is 6.24. The fourth-order valence-corrected chi connectivity index (χ4v) is 5.58. The Hall–Kier alpha value is -3.97. The molecule has 1 fully saturated rings. The quantitative estimate of drug-likeness (QED) is 0.336. The van der Waals surface area contributed by atoms with Crippen molar-refractivity contribution in [3.63, 3.8) is 0 Å². The van der Waals surface area contributed by atoms with Gasteiger partial charge in [0.2, 0.25) is 0 Å². The largest absolute Gasteiger partial charge is 0.337 e. The molecule has 0 spiro atoms. The first-order valence-corrected chi connectivity index (χ1v) is 13.3. The maximum Gasteiger partial charge on any atom is 0.254 e. The number of pyridine rings is 1. The van der Waals surface area contributed by atoms with Crippen LogP contribution in [0.4, 0.5) is 4.39 Å². The number of likely N-dealkylation sites (tertiary alicyclic amines) is 1. The van der Waals surface area contributed by atoms with Gasteiger partial charge in [0.1, 0.15) is 17.2 Å². The van der Waals surface area contributed by atoms with Gasteiger partial charge in [-0.25, -0.2) is 9.37 Å². The van der Waals surface area contributed by atoms with Crippen LogP contribution in [0.3, 0.4) is 0 Å². The molecule has 4 heterocycles. The summed E-state index contributed by atoms with van der Waals surface area (Å²) in [6, 6.07) is 19.2. The lowest BCUT2D eigenvalue weighted by atomic mass is 10.1. The van der Waals surface area contributed by atoms with Crippen molar-refractivity contribution < 1.29 is 9.18 Å². The van der Waals surface area contributed by atoms with Crippen molar-refractivity contribution >= 4 is 22.5 Å². The Morgan fingerprint density at radius 3 is 2.63 bits per heavy atom. The molecule has 1 unspecified atom stereocenters. The highest BCUT2D eigenvalue weighted by Crippen LogP contribution is 2.32. The molecule has 0 bridgehead atoms. The summed E-state index contributed by atoms with van der Waals surface area (Å²) >= 11 is 0. The maximum absolute atomic E-state index is 13.6. The summed E-state index contributed by atoms with van der Waals surface area (Å²) in [5.74, 6) is -0.241. The van der Waals surface area contributed by atoms with Gasteiger partial charge in [0, 0.05) is 54.0 Å². The molecule has 1 atom stereocenters. The van der Waals surface area contributed by atoms with Crippen molar-refractivity contribution in [3.05, 3.63) is 95.1 Å². The van der Waals surface area contributed by atoms with Gasteiger partial charge in [-0.15, -0.1) is 0 Å². The Balaban J connectivity index is 1.44. The highest BCUT2D eigenvalue weighted by atomic mass is 19.1. The Labute approximate surface area is 221 Å². The van der Waals surface area contributed by atoms with Crippen LogP contribution >= 0.6 is 0 Å². The second kappa shape index (κ2) is 9.72. The number of carbonyl (C=O) groups excluding carboxylic acids is 1. The van der Waals surface area contributed by atoms with Crippen LogP contribution in [0.1, 0.15) is 46.9 Å². The molecule has 0 aliphatic carbocycles. The number of nitrogens with two attached hydrogens (primary N) is 1. The molecular weight excluding hydrogens is 477 g/mol. The number of rotatable bonds is 5. The van der Waals surface area contributed by atoms with Gasteiger partial charge in [0.15, 0.2) is 0 Å². The molecule has 0 saturated carbocycles. The van der Waals surface area contributed by atoms with Crippen LogP contribution < -0.4 is 5.73 Å². The number of nitrogens with zero attached hydrogens (tertiary/aromatic N) is 4. The molecule has 5 aromatic rings. The van der Waals surface area contributed by atoms with Crippen LogP contribution in [0.25, 0.3) is 27.9 Å². The van der Waals surface area contributed by atoms with Crippen molar-refractivity contribution in [2.45, 2.75) is 45.7 Å². The van der Waals surface area contributed by atoms with E-state index in [4.69, 9.17) is 10.7 Å². The van der Waals surface area contributed by atoms with Gasteiger partial charge >= 0.3 is 0 Å². The van der Waals surface area contributed by atoms with Crippen LogP contribution in [0, 0.1) is 12.7 Å². The molecule has 6 rings (SSSR count). The average Bonchev–Trinajstić information content (AvgIpc) is 3.45. The molecule has 0 radical (unpaired) electrons.